The Balaban J connectivity index is 1.39. The molecule has 2 saturated heterocycles. The minimum Gasteiger partial charge on any atom is -0.371 e. The van der Waals surface area contributed by atoms with Crippen LogP contribution in [0.5, 0.6) is 0 Å². The zero-order valence-electron chi connectivity index (χ0n) is 15.0. The van der Waals surface area contributed by atoms with Crippen molar-refractivity contribution < 1.29 is 4.79 Å². The number of likely N-dealkylation sites (N-methyl/N-ethyl adjacent to an activating group) is 1. The third-order valence-electron chi connectivity index (χ3n) is 5.32. The fourth-order valence-electron chi connectivity index (χ4n) is 3.82. The molecule has 25 heavy (non-hydrogen) atoms. The Morgan fingerprint density at radius 2 is 2.00 bits per heavy atom. The van der Waals surface area contributed by atoms with Crippen molar-refractivity contribution in [3.63, 3.8) is 0 Å². The van der Waals surface area contributed by atoms with Gasteiger partial charge in [-0.15, -0.1) is 0 Å². The number of carbonyl (C=O) groups excluding carboxylic acids is 1. The van der Waals surface area contributed by atoms with Gasteiger partial charge in [0, 0.05) is 42.9 Å². The number of rotatable bonds is 5. The molecule has 0 saturated carbocycles. The first-order valence-corrected chi connectivity index (χ1v) is 9.79. The maximum absolute atomic E-state index is 12.2. The predicted octanol–water partition coefficient (Wildman–Crippen LogP) is 2.95. The Morgan fingerprint density at radius 1 is 1.20 bits per heavy atom. The number of amides is 2. The first-order chi connectivity index (χ1) is 12.1. The van der Waals surface area contributed by atoms with E-state index in [1.807, 2.05) is 12.1 Å². The van der Waals surface area contributed by atoms with Crippen molar-refractivity contribution in [1.29, 1.82) is 0 Å². The van der Waals surface area contributed by atoms with Gasteiger partial charge >= 0.3 is 6.03 Å². The molecule has 2 atom stereocenters. The quantitative estimate of drug-likeness (QED) is 0.844. The molecule has 0 spiro atoms. The molecule has 2 fully saturated rings. The summed E-state index contributed by atoms with van der Waals surface area (Å²) < 4.78 is 0. The van der Waals surface area contributed by atoms with Crippen LogP contribution in [0.4, 0.5) is 10.5 Å². The molecule has 2 aliphatic rings. The molecule has 0 aliphatic carbocycles. The van der Waals surface area contributed by atoms with E-state index in [-0.39, 0.29) is 12.1 Å². The molecule has 5 nitrogen and oxygen atoms in total. The van der Waals surface area contributed by atoms with E-state index in [1.54, 1.807) is 0 Å². The third-order valence-corrected chi connectivity index (χ3v) is 5.57. The van der Waals surface area contributed by atoms with Crippen molar-refractivity contribution in [2.75, 3.05) is 44.2 Å². The third kappa shape index (κ3) is 5.25. The number of urea groups is 1. The molecule has 0 bridgehead atoms. The van der Waals surface area contributed by atoms with Crippen LogP contribution >= 0.6 is 11.6 Å². The van der Waals surface area contributed by atoms with Gasteiger partial charge in [-0.25, -0.2) is 4.79 Å². The molecule has 2 heterocycles. The van der Waals surface area contributed by atoms with E-state index < -0.39 is 0 Å². The Morgan fingerprint density at radius 3 is 2.76 bits per heavy atom. The largest absolute Gasteiger partial charge is 0.371 e. The lowest BCUT2D eigenvalue weighted by atomic mass is 10.1. The molecule has 1 aromatic carbocycles. The highest BCUT2D eigenvalue weighted by molar-refractivity contribution is 6.30. The number of likely N-dealkylation sites (tertiary alicyclic amines) is 1. The van der Waals surface area contributed by atoms with Crippen LogP contribution in [0.1, 0.15) is 26.2 Å². The number of nitrogens with one attached hydrogen (secondary N) is 2. The van der Waals surface area contributed by atoms with Gasteiger partial charge in [0.1, 0.15) is 0 Å². The normalized spacial score (nSPS) is 24.3. The monoisotopic (exact) mass is 364 g/mol. The first-order valence-electron chi connectivity index (χ1n) is 9.41. The number of hydrogen-bond donors (Lipinski definition) is 2. The molecule has 2 aliphatic heterocycles. The SMILES string of the molecule is CCN1CCC[C@H](NC(=O)NC[C@@H]2CCN(c3ccc(Cl)cc3)C2)C1. The molecule has 6 heteroatoms. The average molecular weight is 365 g/mol. The standard InChI is InChI=1S/C19H29ClN4O/c1-2-23-10-3-4-17(14-23)22-19(25)21-12-15-9-11-24(13-15)18-7-5-16(20)6-8-18/h5-8,15,17H,2-4,9-14H2,1H3,(H2,21,22,25)/t15-,17-/m0/s1. The summed E-state index contributed by atoms with van der Waals surface area (Å²) in [4.78, 5) is 16.9. The van der Waals surface area contributed by atoms with Crippen molar-refractivity contribution in [2.24, 2.45) is 5.92 Å². The molecule has 138 valence electrons. The maximum Gasteiger partial charge on any atom is 0.315 e. The number of halogens is 1. The van der Waals surface area contributed by atoms with Gasteiger partial charge in [0.15, 0.2) is 0 Å². The molecule has 1 aromatic rings. The Labute approximate surface area is 155 Å². The van der Waals surface area contributed by atoms with Gasteiger partial charge in [0.2, 0.25) is 0 Å². The van der Waals surface area contributed by atoms with E-state index in [4.69, 9.17) is 11.6 Å². The van der Waals surface area contributed by atoms with Crippen LogP contribution in [0.15, 0.2) is 24.3 Å². The first kappa shape index (κ1) is 18.3. The molecule has 2 N–H and O–H groups in total. The number of nitrogens with zero attached hydrogens (tertiary/aromatic N) is 2. The van der Waals surface area contributed by atoms with Crippen LogP contribution in [0.25, 0.3) is 0 Å². The zero-order valence-corrected chi connectivity index (χ0v) is 15.8. The van der Waals surface area contributed by atoms with Gasteiger partial charge in [-0.1, -0.05) is 18.5 Å². The highest BCUT2D eigenvalue weighted by Gasteiger charge is 2.24. The summed E-state index contributed by atoms with van der Waals surface area (Å²) in [6, 6.07) is 8.25. The van der Waals surface area contributed by atoms with Gasteiger partial charge in [0.25, 0.3) is 0 Å². The van der Waals surface area contributed by atoms with Crippen LogP contribution in [-0.2, 0) is 0 Å². The summed E-state index contributed by atoms with van der Waals surface area (Å²) in [5, 5.41) is 6.97. The molecule has 0 aromatic heterocycles. The molecular formula is C19H29ClN4O. The molecule has 3 rings (SSSR count). The summed E-state index contributed by atoms with van der Waals surface area (Å²) in [6.07, 6.45) is 3.35. The van der Waals surface area contributed by atoms with Crippen LogP contribution in [0.2, 0.25) is 5.02 Å². The lowest BCUT2D eigenvalue weighted by Gasteiger charge is -2.32. The minimum atomic E-state index is -0.0205. The second kappa shape index (κ2) is 8.77. The predicted molar refractivity (Wildman–Crippen MR) is 103 cm³/mol. The molecule has 2 amide bonds. The van der Waals surface area contributed by atoms with Crippen LogP contribution in [0.3, 0.4) is 0 Å². The van der Waals surface area contributed by atoms with Crippen molar-refractivity contribution in [2.45, 2.75) is 32.2 Å². The topological polar surface area (TPSA) is 47.6 Å². The maximum atomic E-state index is 12.2. The molecule has 0 unspecified atom stereocenters. The number of piperidine rings is 1. The van der Waals surface area contributed by atoms with Gasteiger partial charge in [-0.3, -0.25) is 0 Å². The van der Waals surface area contributed by atoms with E-state index in [0.29, 0.717) is 5.92 Å². The zero-order chi connectivity index (χ0) is 17.6. The lowest BCUT2D eigenvalue weighted by molar-refractivity contribution is 0.192. The second-order valence-electron chi connectivity index (χ2n) is 7.16. The van der Waals surface area contributed by atoms with Crippen molar-refractivity contribution in [1.82, 2.24) is 15.5 Å². The summed E-state index contributed by atoms with van der Waals surface area (Å²) in [7, 11) is 0. The van der Waals surface area contributed by atoms with E-state index in [2.05, 4.69) is 39.5 Å². The van der Waals surface area contributed by atoms with E-state index in [9.17, 15) is 4.79 Å². The van der Waals surface area contributed by atoms with Crippen LogP contribution in [0, 0.1) is 5.92 Å². The van der Waals surface area contributed by atoms with Crippen LogP contribution in [-0.4, -0.2) is 56.2 Å². The van der Waals surface area contributed by atoms with E-state index in [1.165, 1.54) is 5.69 Å². The highest BCUT2D eigenvalue weighted by Crippen LogP contribution is 2.24. The molecular weight excluding hydrogens is 336 g/mol. The summed E-state index contributed by atoms with van der Waals surface area (Å²) in [6.45, 7) is 8.10. The summed E-state index contributed by atoms with van der Waals surface area (Å²) in [5.74, 6) is 0.500. The Bertz CT molecular complexity index is 565. The number of hydrogen-bond acceptors (Lipinski definition) is 3. The van der Waals surface area contributed by atoms with E-state index in [0.717, 1.165) is 63.6 Å². The van der Waals surface area contributed by atoms with Crippen molar-refractivity contribution >= 4 is 23.3 Å². The van der Waals surface area contributed by atoms with Gasteiger partial charge in [-0.05, 0) is 62.5 Å². The lowest BCUT2D eigenvalue weighted by Crippen LogP contribution is -2.51. The average Bonchev–Trinajstić information content (AvgIpc) is 3.10. The summed E-state index contributed by atoms with van der Waals surface area (Å²) in [5.41, 5.74) is 1.21. The fourth-order valence-corrected chi connectivity index (χ4v) is 3.95. The van der Waals surface area contributed by atoms with Crippen molar-refractivity contribution in [3.05, 3.63) is 29.3 Å². The van der Waals surface area contributed by atoms with Gasteiger partial charge in [0.05, 0.1) is 0 Å². The minimum absolute atomic E-state index is 0.0205. The number of benzene rings is 1. The van der Waals surface area contributed by atoms with E-state index >= 15 is 0 Å². The number of carbonyl (C=O) groups is 1. The Kier molecular flexibility index (Phi) is 6.43. The van der Waals surface area contributed by atoms with Crippen molar-refractivity contribution in [3.8, 4) is 0 Å². The second-order valence-corrected chi connectivity index (χ2v) is 7.60. The highest BCUT2D eigenvalue weighted by atomic mass is 35.5. The number of anilines is 1. The fraction of sp³-hybridized carbons (Fsp3) is 0.632. The molecule has 0 radical (unpaired) electrons. The van der Waals surface area contributed by atoms with Crippen LogP contribution < -0.4 is 15.5 Å². The summed E-state index contributed by atoms with van der Waals surface area (Å²) >= 11 is 5.95. The smallest absolute Gasteiger partial charge is 0.315 e. The Hall–Kier alpha value is -1.46. The van der Waals surface area contributed by atoms with Gasteiger partial charge in [-0.2, -0.15) is 0 Å². The van der Waals surface area contributed by atoms with Gasteiger partial charge < -0.3 is 20.4 Å².